The maximum absolute atomic E-state index is 9.28. The first-order valence-electron chi connectivity index (χ1n) is 1.11. The van der Waals surface area contributed by atoms with Crippen molar-refractivity contribution in [2.24, 2.45) is 5.84 Å². The van der Waals surface area contributed by atoms with Crippen molar-refractivity contribution < 1.29 is 28.6 Å². The van der Waals surface area contributed by atoms with Crippen LogP contribution in [0.1, 0.15) is 0 Å². The summed E-state index contributed by atoms with van der Waals surface area (Å²) in [6, 6.07) is 0. The normalized spacial score (nSPS) is 10.5. The molecular weight excluding hydrogens is 150 g/mol. The van der Waals surface area contributed by atoms with Crippen LogP contribution in [0.25, 0.3) is 0 Å². The van der Waals surface area contributed by atoms with Gasteiger partial charge in [0, 0.05) is 5.59 Å². The van der Waals surface area contributed by atoms with Gasteiger partial charge in [0.1, 0.15) is 10.2 Å². The summed E-state index contributed by atoms with van der Waals surface area (Å²) in [7, 11) is -4.42. The van der Waals surface area contributed by atoms with Gasteiger partial charge in [-0.1, -0.05) is 0 Å². The van der Waals surface area contributed by atoms with Gasteiger partial charge in [0.15, 0.2) is 4.39 Å². The second-order valence-corrected chi connectivity index (χ2v) is 1.48. The van der Waals surface area contributed by atoms with Crippen molar-refractivity contribution in [2.75, 3.05) is 0 Å². The molecule has 6 nitrogen and oxygen atoms in total. The predicted molar refractivity (Wildman–Crippen MR) is 15.6 cm³/mol. The first-order valence-corrected chi connectivity index (χ1v) is 2.34. The molecule has 8 heavy (non-hydrogen) atoms. The molecule has 46 valence electrons. The Kier molecular flexibility index (Phi) is 7.21. The first kappa shape index (κ1) is 11.8. The maximum atomic E-state index is 9.28. The van der Waals surface area contributed by atoms with Crippen LogP contribution >= 0.6 is 0 Å². The molecule has 8 heteroatoms. The minimum absolute atomic E-state index is 0. The molecule has 0 saturated carbocycles. The molecule has 0 unspecified atom stereocenters. The van der Waals surface area contributed by atoms with Crippen LogP contribution < -0.4 is 25.4 Å². The summed E-state index contributed by atoms with van der Waals surface area (Å²) in [6.45, 7) is 0. The fourth-order valence-electron chi connectivity index (χ4n) is 0.0546. The van der Waals surface area contributed by atoms with Gasteiger partial charge in [-0.3, -0.25) is 0 Å². The molecule has 0 aliphatic carbocycles. The van der Waals surface area contributed by atoms with Gasteiger partial charge in [-0.15, -0.1) is 0 Å². The Balaban J connectivity index is 0. The molecule has 0 heterocycles. The first-order chi connectivity index (χ1) is 3.06. The average Bonchev–Trinajstić information content (AvgIpc) is 1.30. The molecule has 0 aliphatic rings. The summed E-state index contributed by atoms with van der Waals surface area (Å²) < 4.78 is 31.0. The van der Waals surface area contributed by atoms with Gasteiger partial charge >= 0.3 is 29.6 Å². The van der Waals surface area contributed by atoms with E-state index in [9.17, 15) is 14.0 Å². The Bertz CT molecular complexity index is 52.5. The van der Waals surface area contributed by atoms with Crippen molar-refractivity contribution in [1.82, 2.24) is 5.59 Å². The van der Waals surface area contributed by atoms with Crippen molar-refractivity contribution in [3.63, 3.8) is 0 Å². The number of nitrogens with two attached hydrogens (primary N) is 1. The zero-order chi connectivity index (χ0) is 5.91. The molecule has 0 bridgehead atoms. The SMILES string of the molecule is NNO[Cl+3]([O-])([O-])[O-].[NaH]. The fraction of sp³-hybridized carbons (Fsp3) is 0. The zero-order valence-electron chi connectivity index (χ0n) is 3.09. The number of hydrazine groups is 1. The van der Waals surface area contributed by atoms with Crippen LogP contribution in [0.5, 0.6) is 0 Å². The van der Waals surface area contributed by atoms with E-state index in [-0.39, 0.29) is 29.6 Å². The van der Waals surface area contributed by atoms with Crippen LogP contribution in [0.15, 0.2) is 0 Å². The Hall–Kier alpha value is 1.05. The van der Waals surface area contributed by atoms with Crippen molar-refractivity contribution in [3.05, 3.63) is 0 Å². The number of nitrogens with one attached hydrogen (secondary N) is 1. The Morgan fingerprint density at radius 2 is 1.75 bits per heavy atom. The summed E-state index contributed by atoms with van der Waals surface area (Å²) in [5.74, 6) is 4.26. The van der Waals surface area contributed by atoms with Crippen molar-refractivity contribution in [1.29, 1.82) is 0 Å². The standard InChI is InChI=1S/ClH3N2O4.Na.H/c2-3-7-1(4,5)6;;/h3H,2H2;;. The topological polar surface area (TPSA) is 116 Å². The van der Waals surface area contributed by atoms with Crippen LogP contribution in [-0.4, -0.2) is 29.6 Å². The van der Waals surface area contributed by atoms with Gasteiger partial charge < -0.3 is 0 Å². The van der Waals surface area contributed by atoms with E-state index in [0.29, 0.717) is 0 Å². The zero-order valence-corrected chi connectivity index (χ0v) is 3.84. The van der Waals surface area contributed by atoms with Crippen LogP contribution in [-0.2, 0) is 4.39 Å². The second-order valence-electron chi connectivity index (χ2n) is 0.573. The van der Waals surface area contributed by atoms with E-state index in [4.69, 9.17) is 0 Å². The van der Waals surface area contributed by atoms with Crippen LogP contribution in [0.2, 0.25) is 0 Å². The minimum atomic E-state index is -4.42. The van der Waals surface area contributed by atoms with E-state index < -0.39 is 10.2 Å². The number of halogens is 1. The third-order valence-corrected chi connectivity index (χ3v) is 0.417. The summed E-state index contributed by atoms with van der Waals surface area (Å²) in [5.41, 5.74) is 1.19. The van der Waals surface area contributed by atoms with Crippen LogP contribution in [0.3, 0.4) is 0 Å². The summed E-state index contributed by atoms with van der Waals surface area (Å²) in [6.07, 6.45) is 0. The average molecular weight is 154 g/mol. The molecule has 0 rings (SSSR count). The molecule has 0 saturated heterocycles. The van der Waals surface area contributed by atoms with Crippen molar-refractivity contribution >= 4 is 29.6 Å². The summed E-state index contributed by atoms with van der Waals surface area (Å²) in [4.78, 5) is 0. The van der Waals surface area contributed by atoms with E-state index in [0.717, 1.165) is 0 Å². The Labute approximate surface area is 69.6 Å². The molecule has 3 N–H and O–H groups in total. The van der Waals surface area contributed by atoms with E-state index in [1.54, 1.807) is 0 Å². The third kappa shape index (κ3) is 10.1. The number of hydrogen-bond donors (Lipinski definition) is 2. The van der Waals surface area contributed by atoms with Gasteiger partial charge in [0.2, 0.25) is 0 Å². The summed E-state index contributed by atoms with van der Waals surface area (Å²) >= 11 is 0. The van der Waals surface area contributed by atoms with E-state index in [2.05, 4.69) is 10.2 Å². The molecule has 0 spiro atoms. The van der Waals surface area contributed by atoms with Crippen LogP contribution in [0, 0.1) is 10.2 Å². The molecule has 0 aromatic rings. The molecule has 0 fully saturated rings. The van der Waals surface area contributed by atoms with Gasteiger partial charge in [0.25, 0.3) is 0 Å². The molecule has 0 aromatic carbocycles. The molecule has 0 amide bonds. The van der Waals surface area contributed by atoms with Gasteiger partial charge in [-0.25, -0.2) is 5.84 Å². The molecule has 0 atom stereocenters. The van der Waals surface area contributed by atoms with E-state index >= 15 is 0 Å². The summed E-state index contributed by atoms with van der Waals surface area (Å²) in [5, 5.41) is 0. The molecule has 0 radical (unpaired) electrons. The van der Waals surface area contributed by atoms with E-state index in [1.165, 1.54) is 5.59 Å². The van der Waals surface area contributed by atoms with Crippen molar-refractivity contribution in [3.8, 4) is 0 Å². The molecular formula is H4ClN2NaO4. The molecule has 0 aliphatic heterocycles. The Morgan fingerprint density at radius 1 is 1.38 bits per heavy atom. The van der Waals surface area contributed by atoms with Crippen LogP contribution in [0.4, 0.5) is 0 Å². The Morgan fingerprint density at radius 3 is 1.75 bits per heavy atom. The van der Waals surface area contributed by atoms with Gasteiger partial charge in [-0.05, 0) is 0 Å². The third-order valence-electron chi connectivity index (χ3n) is 0.139. The second kappa shape index (κ2) is 4.89. The fourth-order valence-corrected chi connectivity index (χ4v) is 0.164. The van der Waals surface area contributed by atoms with Gasteiger partial charge in [-0.2, -0.15) is 14.0 Å². The number of rotatable bonds is 2. The quantitative estimate of drug-likeness (QED) is 0.233. The predicted octanol–water partition coefficient (Wildman–Crippen LogP) is -5.37. The van der Waals surface area contributed by atoms with E-state index in [1.807, 2.05) is 0 Å². The van der Waals surface area contributed by atoms with Gasteiger partial charge in [0.05, 0.1) is 0 Å². The monoisotopic (exact) mass is 154 g/mol. The number of hydrogen-bond acceptors (Lipinski definition) is 6. The molecule has 0 aromatic heterocycles. The van der Waals surface area contributed by atoms with Crippen molar-refractivity contribution in [2.45, 2.75) is 0 Å².